The maximum Gasteiger partial charge on any atom is 0.244 e. The summed E-state index contributed by atoms with van der Waals surface area (Å²) in [5.74, 6) is -0.487. The standard InChI is InChI=1S/C11H16N2O2.C5H7NS.2C2H6/c1-4-8(3)10(13-7-14)6-9(5-2)11(12)15;1-4-3-6-5(2)7-4;2*1-2/h4,6-7H,1,5H2,2-3H3,(H2,12,15)(H,13,14);3H,1-2H3;2*1-2H3/b9-6+,10-8+;;;. The third-order valence-corrected chi connectivity index (χ3v) is 3.53. The zero-order valence-electron chi connectivity index (χ0n) is 17.5. The van der Waals surface area contributed by atoms with Crippen molar-refractivity contribution in [2.24, 2.45) is 5.73 Å². The lowest BCUT2D eigenvalue weighted by Crippen LogP contribution is -2.16. The van der Waals surface area contributed by atoms with E-state index < -0.39 is 5.91 Å². The first-order valence-electron chi connectivity index (χ1n) is 8.78. The quantitative estimate of drug-likeness (QED) is 0.420. The molecule has 0 spiro atoms. The minimum absolute atomic E-state index is 0.459. The van der Waals surface area contributed by atoms with Gasteiger partial charge in [-0.3, -0.25) is 9.59 Å². The van der Waals surface area contributed by atoms with E-state index in [4.69, 9.17) is 5.73 Å². The van der Waals surface area contributed by atoms with Gasteiger partial charge < -0.3 is 11.1 Å². The van der Waals surface area contributed by atoms with Crippen LogP contribution in [0.3, 0.4) is 0 Å². The van der Waals surface area contributed by atoms with E-state index in [-0.39, 0.29) is 0 Å². The van der Waals surface area contributed by atoms with Crippen LogP contribution in [0.15, 0.2) is 41.8 Å². The SMILES string of the molecule is C=C/C(C)=C(\C=C(/CC)C(N)=O)NC=O.CC.CC.Cc1cnc(C)s1. The van der Waals surface area contributed by atoms with E-state index in [0.29, 0.717) is 24.1 Å². The van der Waals surface area contributed by atoms with E-state index in [9.17, 15) is 9.59 Å². The van der Waals surface area contributed by atoms with Crippen molar-refractivity contribution >= 4 is 23.7 Å². The van der Waals surface area contributed by atoms with E-state index >= 15 is 0 Å². The van der Waals surface area contributed by atoms with Gasteiger partial charge in [-0.25, -0.2) is 4.98 Å². The van der Waals surface area contributed by atoms with Gasteiger partial charge >= 0.3 is 0 Å². The summed E-state index contributed by atoms with van der Waals surface area (Å²) in [6, 6.07) is 0. The first-order valence-corrected chi connectivity index (χ1v) is 9.60. The molecule has 0 atom stereocenters. The Morgan fingerprint density at radius 3 is 2.08 bits per heavy atom. The van der Waals surface area contributed by atoms with Crippen LogP contribution in [0.25, 0.3) is 0 Å². The molecule has 148 valence electrons. The lowest BCUT2D eigenvalue weighted by molar-refractivity contribution is -0.114. The number of carbonyl (C=O) groups excluding carboxylic acids is 2. The molecule has 1 rings (SSSR count). The summed E-state index contributed by atoms with van der Waals surface area (Å²) in [7, 11) is 0. The van der Waals surface area contributed by atoms with Crippen molar-refractivity contribution in [2.75, 3.05) is 0 Å². The minimum Gasteiger partial charge on any atom is -0.366 e. The molecule has 6 heteroatoms. The van der Waals surface area contributed by atoms with E-state index in [2.05, 4.69) is 23.8 Å². The van der Waals surface area contributed by atoms with Gasteiger partial charge in [0, 0.05) is 22.3 Å². The second-order valence-corrected chi connectivity index (χ2v) is 5.88. The van der Waals surface area contributed by atoms with Crippen LogP contribution in [0, 0.1) is 13.8 Å². The van der Waals surface area contributed by atoms with Crippen LogP contribution in [0.4, 0.5) is 0 Å². The van der Waals surface area contributed by atoms with Gasteiger partial charge in [0.05, 0.1) is 5.01 Å². The number of aryl methyl sites for hydroxylation is 2. The molecule has 2 amide bonds. The molecule has 1 heterocycles. The molecule has 3 N–H and O–H groups in total. The molecule has 0 bridgehead atoms. The Labute approximate surface area is 163 Å². The molecule has 0 unspecified atom stereocenters. The van der Waals surface area contributed by atoms with E-state index in [1.807, 2.05) is 47.7 Å². The molecular weight excluding hydrogens is 346 g/mol. The molecular formula is C20H35N3O2S. The first-order chi connectivity index (χ1) is 12.3. The number of nitrogens with two attached hydrogens (primary N) is 1. The largest absolute Gasteiger partial charge is 0.366 e. The molecule has 0 fully saturated rings. The maximum absolute atomic E-state index is 11.0. The molecule has 1 aromatic rings. The zero-order chi connectivity index (χ0) is 21.1. The number of amides is 2. The fourth-order valence-corrected chi connectivity index (χ4v) is 2.11. The van der Waals surface area contributed by atoms with Gasteiger partial charge in [0.15, 0.2) is 0 Å². The van der Waals surface area contributed by atoms with Crippen LogP contribution in [0.1, 0.15) is 57.8 Å². The van der Waals surface area contributed by atoms with Gasteiger partial charge in [-0.05, 0) is 38.8 Å². The topological polar surface area (TPSA) is 85.1 Å². The predicted octanol–water partition coefficient (Wildman–Crippen LogP) is 4.83. The van der Waals surface area contributed by atoms with Gasteiger partial charge in [0.1, 0.15) is 0 Å². The van der Waals surface area contributed by atoms with Gasteiger partial charge in [-0.1, -0.05) is 47.3 Å². The number of nitrogens with zero attached hydrogens (tertiary/aromatic N) is 1. The average Bonchev–Trinajstić information content (AvgIpc) is 3.04. The monoisotopic (exact) mass is 381 g/mol. The van der Waals surface area contributed by atoms with Crippen LogP contribution in [-0.4, -0.2) is 17.3 Å². The number of carbonyl (C=O) groups is 2. The van der Waals surface area contributed by atoms with Crippen LogP contribution in [0.5, 0.6) is 0 Å². The fourth-order valence-electron chi connectivity index (χ4n) is 1.43. The Morgan fingerprint density at radius 1 is 1.31 bits per heavy atom. The van der Waals surface area contributed by atoms with Crippen molar-refractivity contribution in [1.29, 1.82) is 0 Å². The van der Waals surface area contributed by atoms with E-state index in [1.165, 1.54) is 4.88 Å². The summed E-state index contributed by atoms with van der Waals surface area (Å²) < 4.78 is 0. The van der Waals surface area contributed by atoms with Crippen LogP contribution >= 0.6 is 11.3 Å². The number of hydrogen-bond acceptors (Lipinski definition) is 4. The Bertz CT molecular complexity index is 571. The summed E-state index contributed by atoms with van der Waals surface area (Å²) in [6.07, 6.45) is 6.11. The lowest BCUT2D eigenvalue weighted by atomic mass is 10.1. The second kappa shape index (κ2) is 19.1. The molecule has 0 radical (unpaired) electrons. The lowest BCUT2D eigenvalue weighted by Gasteiger charge is -2.05. The average molecular weight is 382 g/mol. The van der Waals surface area contributed by atoms with Gasteiger partial charge in [-0.15, -0.1) is 11.3 Å². The highest BCUT2D eigenvalue weighted by Gasteiger charge is 2.04. The molecule has 0 aliphatic rings. The summed E-state index contributed by atoms with van der Waals surface area (Å²) >= 11 is 1.73. The summed E-state index contributed by atoms with van der Waals surface area (Å²) in [5.41, 5.74) is 6.93. The Hall–Kier alpha value is -2.21. The Balaban J connectivity index is -0.000000397. The maximum atomic E-state index is 11.0. The number of hydrogen-bond donors (Lipinski definition) is 2. The van der Waals surface area contributed by atoms with E-state index in [0.717, 1.165) is 10.6 Å². The highest BCUT2D eigenvalue weighted by Crippen LogP contribution is 2.09. The molecule has 26 heavy (non-hydrogen) atoms. The molecule has 0 saturated heterocycles. The van der Waals surface area contributed by atoms with Crippen LogP contribution < -0.4 is 11.1 Å². The number of allylic oxidation sites excluding steroid dienone is 3. The summed E-state index contributed by atoms with van der Waals surface area (Å²) in [4.78, 5) is 26.6. The fraction of sp³-hybridized carbons (Fsp3) is 0.450. The minimum atomic E-state index is -0.487. The molecule has 0 aliphatic heterocycles. The van der Waals surface area contributed by atoms with Crippen molar-refractivity contribution in [3.8, 4) is 0 Å². The molecule has 1 aromatic heterocycles. The van der Waals surface area contributed by atoms with Gasteiger partial charge in [0.25, 0.3) is 0 Å². The molecule has 0 aliphatic carbocycles. The van der Waals surface area contributed by atoms with Crippen LogP contribution in [0.2, 0.25) is 0 Å². The normalized spacial score (nSPS) is 10.4. The summed E-state index contributed by atoms with van der Waals surface area (Å²) in [5, 5.41) is 3.65. The third-order valence-electron chi connectivity index (χ3n) is 2.70. The van der Waals surface area contributed by atoms with Crippen molar-refractivity contribution in [1.82, 2.24) is 10.3 Å². The number of thiazole rings is 1. The van der Waals surface area contributed by atoms with Crippen molar-refractivity contribution in [3.63, 3.8) is 0 Å². The number of nitrogens with one attached hydrogen (secondary N) is 1. The highest BCUT2D eigenvalue weighted by atomic mass is 32.1. The van der Waals surface area contributed by atoms with Crippen molar-refractivity contribution in [3.05, 3.63) is 51.7 Å². The predicted molar refractivity (Wildman–Crippen MR) is 114 cm³/mol. The van der Waals surface area contributed by atoms with Crippen LogP contribution in [-0.2, 0) is 9.59 Å². The smallest absolute Gasteiger partial charge is 0.244 e. The molecule has 0 aromatic carbocycles. The third kappa shape index (κ3) is 14.2. The molecule has 0 saturated carbocycles. The highest BCUT2D eigenvalue weighted by molar-refractivity contribution is 7.11. The summed E-state index contributed by atoms with van der Waals surface area (Å²) in [6.45, 7) is 19.3. The number of aromatic nitrogens is 1. The van der Waals surface area contributed by atoms with Gasteiger partial charge in [-0.2, -0.15) is 0 Å². The van der Waals surface area contributed by atoms with Crippen molar-refractivity contribution in [2.45, 2.75) is 61.8 Å². The Morgan fingerprint density at radius 2 is 1.85 bits per heavy atom. The van der Waals surface area contributed by atoms with Gasteiger partial charge in [0.2, 0.25) is 12.3 Å². The Kier molecular flexibility index (Phi) is 21.0. The van der Waals surface area contributed by atoms with E-state index in [1.54, 1.807) is 30.4 Å². The number of rotatable bonds is 6. The van der Waals surface area contributed by atoms with Crippen molar-refractivity contribution < 1.29 is 9.59 Å². The second-order valence-electron chi connectivity index (χ2n) is 4.44. The first kappa shape index (κ1) is 28.6. The molecule has 5 nitrogen and oxygen atoms in total. The zero-order valence-corrected chi connectivity index (χ0v) is 18.3. The number of primary amides is 1.